The summed E-state index contributed by atoms with van der Waals surface area (Å²) >= 11 is 5.82. The number of nitrogens with one attached hydrogen (secondary N) is 2. The maximum absolute atomic E-state index is 12.9. The fourth-order valence-electron chi connectivity index (χ4n) is 5.20. The number of aromatic nitrogens is 3. The highest BCUT2D eigenvalue weighted by molar-refractivity contribution is 7.80. The highest BCUT2D eigenvalue weighted by atomic mass is 32.1. The molecule has 8 heteroatoms. The molecule has 4 heterocycles. The van der Waals surface area contributed by atoms with Gasteiger partial charge < -0.3 is 20.1 Å². The first-order valence-electron chi connectivity index (χ1n) is 12.8. The van der Waals surface area contributed by atoms with Crippen LogP contribution in [0.5, 0.6) is 0 Å². The van der Waals surface area contributed by atoms with Gasteiger partial charge in [0.25, 0.3) is 0 Å². The molecule has 2 atom stereocenters. The maximum Gasteiger partial charge on any atom is 0.226 e. The Bertz CT molecular complexity index is 1440. The standard InChI is InChI=1S/C30H32N6OS/c1-20-8-6-10-24(16-20)33-27(37)12-15-35-29(28(34-30(35)38)26-11-4-5-14-32-26)25-17-21(2)36(22(25)3)19-23-9-7-13-31-18-23/h4-11,13-14,16-18,28-29H,12,15,19H2,1-3H3,(H,33,37)(H,34,38)/t28-,29-/m1/s1. The van der Waals surface area contributed by atoms with Crippen LogP contribution in [0.1, 0.15) is 52.3 Å². The van der Waals surface area contributed by atoms with E-state index in [-0.39, 0.29) is 18.0 Å². The third-order valence-electron chi connectivity index (χ3n) is 7.07. The van der Waals surface area contributed by atoms with Crippen LogP contribution < -0.4 is 10.6 Å². The average Bonchev–Trinajstić information content (AvgIpc) is 3.39. The van der Waals surface area contributed by atoms with Crippen molar-refractivity contribution >= 4 is 28.9 Å². The Kier molecular flexibility index (Phi) is 7.51. The molecule has 0 aliphatic carbocycles. The van der Waals surface area contributed by atoms with Crippen LogP contribution in [0, 0.1) is 20.8 Å². The number of pyridine rings is 2. The smallest absolute Gasteiger partial charge is 0.226 e. The summed E-state index contributed by atoms with van der Waals surface area (Å²) in [6.07, 6.45) is 5.82. The van der Waals surface area contributed by atoms with Crippen molar-refractivity contribution in [2.24, 2.45) is 0 Å². The Morgan fingerprint density at radius 3 is 2.66 bits per heavy atom. The molecule has 0 spiro atoms. The van der Waals surface area contributed by atoms with E-state index < -0.39 is 0 Å². The second-order valence-corrected chi connectivity index (χ2v) is 10.1. The zero-order valence-electron chi connectivity index (χ0n) is 21.9. The van der Waals surface area contributed by atoms with Gasteiger partial charge in [0.15, 0.2) is 5.11 Å². The molecule has 1 aliphatic rings. The number of anilines is 1. The molecule has 0 saturated carbocycles. The van der Waals surface area contributed by atoms with Crippen molar-refractivity contribution < 1.29 is 4.79 Å². The molecule has 0 bridgehead atoms. The number of hydrogen-bond donors (Lipinski definition) is 2. The molecule has 5 rings (SSSR count). The van der Waals surface area contributed by atoms with Crippen molar-refractivity contribution in [3.63, 3.8) is 0 Å². The van der Waals surface area contributed by atoms with Crippen LogP contribution >= 0.6 is 12.2 Å². The Balaban J connectivity index is 1.43. The summed E-state index contributed by atoms with van der Waals surface area (Å²) in [6, 6.07) is 19.8. The summed E-state index contributed by atoms with van der Waals surface area (Å²) in [5, 5.41) is 7.15. The third kappa shape index (κ3) is 5.45. The molecule has 1 fully saturated rings. The van der Waals surface area contributed by atoms with Crippen LogP contribution in [0.25, 0.3) is 0 Å². The molecular weight excluding hydrogens is 492 g/mol. The molecule has 38 heavy (non-hydrogen) atoms. The van der Waals surface area contributed by atoms with Crippen LogP contribution in [0.3, 0.4) is 0 Å². The Morgan fingerprint density at radius 1 is 1.05 bits per heavy atom. The summed E-state index contributed by atoms with van der Waals surface area (Å²) in [7, 11) is 0. The van der Waals surface area contributed by atoms with E-state index in [0.29, 0.717) is 18.1 Å². The number of rotatable bonds is 8. The van der Waals surface area contributed by atoms with Crippen LogP contribution in [0.15, 0.2) is 79.3 Å². The van der Waals surface area contributed by atoms with E-state index in [2.05, 4.69) is 56.0 Å². The molecule has 194 valence electrons. The van der Waals surface area contributed by atoms with Gasteiger partial charge in [0.2, 0.25) is 5.91 Å². The van der Waals surface area contributed by atoms with E-state index in [1.807, 2.05) is 61.7 Å². The predicted molar refractivity (Wildman–Crippen MR) is 154 cm³/mol. The SMILES string of the molecule is Cc1cccc(NC(=O)CCN2C(=S)N[C@H](c3ccccn3)[C@H]2c2cc(C)n(Cc3cccnc3)c2C)c1. The highest BCUT2D eigenvalue weighted by Gasteiger charge is 2.41. The molecular formula is C30H32N6OS. The lowest BCUT2D eigenvalue weighted by Crippen LogP contribution is -2.33. The normalized spacial score (nSPS) is 16.9. The van der Waals surface area contributed by atoms with Crippen molar-refractivity contribution in [3.8, 4) is 0 Å². The molecule has 7 nitrogen and oxygen atoms in total. The topological polar surface area (TPSA) is 75.1 Å². The molecule has 0 unspecified atom stereocenters. The van der Waals surface area contributed by atoms with E-state index >= 15 is 0 Å². The lowest BCUT2D eigenvalue weighted by molar-refractivity contribution is -0.116. The largest absolute Gasteiger partial charge is 0.352 e. The Morgan fingerprint density at radius 2 is 1.92 bits per heavy atom. The first kappa shape index (κ1) is 25.6. The van der Waals surface area contributed by atoms with Gasteiger partial charge in [0, 0.05) is 55.2 Å². The van der Waals surface area contributed by atoms with Gasteiger partial charge in [-0.1, -0.05) is 24.3 Å². The first-order chi connectivity index (χ1) is 18.4. The minimum atomic E-state index is -0.129. The van der Waals surface area contributed by atoms with E-state index in [9.17, 15) is 4.79 Å². The third-order valence-corrected chi connectivity index (χ3v) is 7.43. The Hall–Kier alpha value is -4.04. The Labute approximate surface area is 228 Å². The molecule has 1 amide bonds. The second-order valence-electron chi connectivity index (χ2n) is 9.76. The zero-order valence-corrected chi connectivity index (χ0v) is 22.7. The molecule has 2 N–H and O–H groups in total. The van der Waals surface area contributed by atoms with E-state index in [1.54, 1.807) is 12.4 Å². The number of carbonyl (C=O) groups excluding carboxylic acids is 1. The molecule has 1 aliphatic heterocycles. The average molecular weight is 525 g/mol. The number of thiocarbonyl (C=S) groups is 1. The van der Waals surface area contributed by atoms with E-state index in [1.165, 1.54) is 5.56 Å². The van der Waals surface area contributed by atoms with Crippen molar-refractivity contribution in [2.45, 2.75) is 45.8 Å². The fourth-order valence-corrected chi connectivity index (χ4v) is 5.53. The monoisotopic (exact) mass is 524 g/mol. The summed E-state index contributed by atoms with van der Waals surface area (Å²) in [4.78, 5) is 24.0. The lowest BCUT2D eigenvalue weighted by atomic mass is 9.96. The van der Waals surface area contributed by atoms with Crippen molar-refractivity contribution in [1.82, 2.24) is 24.8 Å². The molecule has 4 aromatic rings. The van der Waals surface area contributed by atoms with Crippen molar-refractivity contribution in [2.75, 3.05) is 11.9 Å². The van der Waals surface area contributed by atoms with Gasteiger partial charge in [-0.25, -0.2) is 0 Å². The molecule has 3 aromatic heterocycles. The van der Waals surface area contributed by atoms with Crippen molar-refractivity contribution in [3.05, 3.63) is 113 Å². The van der Waals surface area contributed by atoms with Gasteiger partial charge in [-0.05, 0) is 86.1 Å². The van der Waals surface area contributed by atoms with Gasteiger partial charge >= 0.3 is 0 Å². The molecule has 1 aromatic carbocycles. The minimum Gasteiger partial charge on any atom is -0.352 e. The number of carbonyl (C=O) groups is 1. The van der Waals surface area contributed by atoms with E-state index in [4.69, 9.17) is 12.2 Å². The minimum absolute atomic E-state index is 0.0412. The number of hydrogen-bond acceptors (Lipinski definition) is 4. The predicted octanol–water partition coefficient (Wildman–Crippen LogP) is 5.25. The summed E-state index contributed by atoms with van der Waals surface area (Å²) in [6.45, 7) is 7.52. The second kappa shape index (κ2) is 11.1. The van der Waals surface area contributed by atoms with Crippen LogP contribution in [-0.4, -0.2) is 37.0 Å². The zero-order chi connectivity index (χ0) is 26.6. The lowest BCUT2D eigenvalue weighted by Gasteiger charge is -2.28. The van der Waals surface area contributed by atoms with Gasteiger partial charge in [-0.15, -0.1) is 0 Å². The van der Waals surface area contributed by atoms with Crippen LogP contribution in [0.4, 0.5) is 5.69 Å². The first-order valence-corrected chi connectivity index (χ1v) is 13.2. The maximum atomic E-state index is 12.9. The quantitative estimate of drug-likeness (QED) is 0.307. The van der Waals surface area contributed by atoms with Gasteiger partial charge in [-0.2, -0.15) is 0 Å². The fraction of sp³-hybridized carbons (Fsp3) is 0.267. The van der Waals surface area contributed by atoms with E-state index in [0.717, 1.165) is 40.4 Å². The van der Waals surface area contributed by atoms with Gasteiger partial charge in [-0.3, -0.25) is 14.8 Å². The summed E-state index contributed by atoms with van der Waals surface area (Å²) < 4.78 is 2.31. The highest BCUT2D eigenvalue weighted by Crippen LogP contribution is 2.41. The number of aryl methyl sites for hydroxylation is 2. The number of nitrogens with zero attached hydrogens (tertiary/aromatic N) is 4. The van der Waals surface area contributed by atoms with Crippen molar-refractivity contribution in [1.29, 1.82) is 0 Å². The molecule has 0 radical (unpaired) electrons. The number of amides is 1. The van der Waals surface area contributed by atoms with Crippen LogP contribution in [-0.2, 0) is 11.3 Å². The van der Waals surface area contributed by atoms with Gasteiger partial charge in [0.1, 0.15) is 0 Å². The summed E-state index contributed by atoms with van der Waals surface area (Å²) in [5.74, 6) is -0.0412. The van der Waals surface area contributed by atoms with Crippen LogP contribution in [0.2, 0.25) is 0 Å². The van der Waals surface area contributed by atoms with Gasteiger partial charge in [0.05, 0.1) is 17.8 Å². The molecule has 1 saturated heterocycles. The summed E-state index contributed by atoms with van der Waals surface area (Å²) in [5.41, 5.74) is 7.48. The number of benzene rings is 1.